The third-order valence-corrected chi connectivity index (χ3v) is 11.5. The van der Waals surface area contributed by atoms with Gasteiger partial charge in [-0.25, -0.2) is 0 Å². The Labute approximate surface area is 152 Å². The molecule has 1 aromatic carbocycles. The second-order valence-electron chi connectivity index (χ2n) is 6.45. The van der Waals surface area contributed by atoms with Gasteiger partial charge >= 0.3 is 8.56 Å². The summed E-state index contributed by atoms with van der Waals surface area (Å²) < 4.78 is 10.8. The number of hydrogen-bond acceptors (Lipinski definition) is 3. The van der Waals surface area contributed by atoms with Crippen LogP contribution in [0.1, 0.15) is 40.2 Å². The lowest BCUT2D eigenvalue weighted by Crippen LogP contribution is -2.48. The Hall–Kier alpha value is -0.466. The van der Waals surface area contributed by atoms with Gasteiger partial charge in [0.05, 0.1) is 0 Å². The van der Waals surface area contributed by atoms with E-state index in [1.165, 1.54) is 23.7 Å². The van der Waals surface area contributed by atoms with Crippen LogP contribution >= 0.6 is 0 Å². The minimum atomic E-state index is -1.70. The fourth-order valence-electron chi connectivity index (χ4n) is 2.75. The van der Waals surface area contributed by atoms with Gasteiger partial charge in [0, 0.05) is 19.8 Å². The Morgan fingerprint density at radius 2 is 1.25 bits per heavy atom. The number of benzene rings is 1. The molecule has 0 aliphatic heterocycles. The van der Waals surface area contributed by atoms with Crippen LogP contribution in [0, 0.1) is 0 Å². The van der Waals surface area contributed by atoms with Crippen molar-refractivity contribution in [1.82, 2.24) is 4.98 Å². The van der Waals surface area contributed by atoms with Crippen LogP contribution < -0.4 is 4.98 Å². The SMILES string of the molecule is CCO[Si](C)(C)OCC.CC[Si](CC)(CC)NCc1ccccc1. The van der Waals surface area contributed by atoms with Gasteiger partial charge in [-0.3, -0.25) is 0 Å². The molecule has 0 amide bonds. The quantitative estimate of drug-likeness (QED) is 0.549. The van der Waals surface area contributed by atoms with Gasteiger partial charge in [0.25, 0.3) is 0 Å². The molecule has 0 aliphatic rings. The van der Waals surface area contributed by atoms with Crippen molar-refractivity contribution >= 4 is 16.8 Å². The first kappa shape index (κ1) is 23.5. The highest BCUT2D eigenvalue weighted by molar-refractivity contribution is 6.77. The second kappa shape index (κ2) is 12.8. The number of rotatable bonds is 10. The maximum atomic E-state index is 5.39. The molecule has 0 fully saturated rings. The summed E-state index contributed by atoms with van der Waals surface area (Å²) in [5.41, 5.74) is 1.41. The van der Waals surface area contributed by atoms with E-state index in [-0.39, 0.29) is 0 Å². The molecule has 0 saturated heterocycles. The van der Waals surface area contributed by atoms with Gasteiger partial charge in [0.15, 0.2) is 0 Å². The normalized spacial score (nSPS) is 11.8. The lowest BCUT2D eigenvalue weighted by atomic mass is 10.2. The van der Waals surface area contributed by atoms with Crippen LogP contribution in [0.3, 0.4) is 0 Å². The zero-order valence-electron chi connectivity index (χ0n) is 16.9. The molecule has 0 spiro atoms. The third-order valence-electron chi connectivity index (χ3n) is 4.52. The predicted molar refractivity (Wildman–Crippen MR) is 111 cm³/mol. The zero-order chi connectivity index (χ0) is 18.5. The van der Waals surface area contributed by atoms with Crippen molar-refractivity contribution in [2.45, 2.75) is 72.4 Å². The molecule has 1 aromatic rings. The highest BCUT2D eigenvalue weighted by Gasteiger charge is 2.25. The molecule has 0 radical (unpaired) electrons. The van der Waals surface area contributed by atoms with Crippen molar-refractivity contribution in [1.29, 1.82) is 0 Å². The molecule has 24 heavy (non-hydrogen) atoms. The molecule has 0 bridgehead atoms. The van der Waals surface area contributed by atoms with Crippen molar-refractivity contribution in [3.8, 4) is 0 Å². The van der Waals surface area contributed by atoms with E-state index in [0.717, 1.165) is 19.8 Å². The van der Waals surface area contributed by atoms with Gasteiger partial charge in [-0.1, -0.05) is 51.1 Å². The fraction of sp³-hybridized carbons (Fsp3) is 0.684. The Morgan fingerprint density at radius 3 is 1.62 bits per heavy atom. The van der Waals surface area contributed by atoms with Gasteiger partial charge in [0.2, 0.25) is 0 Å². The van der Waals surface area contributed by atoms with Crippen LogP contribution in [0.15, 0.2) is 30.3 Å². The molecule has 1 rings (SSSR count). The molecule has 0 saturated carbocycles. The monoisotopic (exact) mass is 369 g/mol. The summed E-state index contributed by atoms with van der Waals surface area (Å²) in [5.74, 6) is 0. The minimum absolute atomic E-state index is 0.763. The third kappa shape index (κ3) is 9.74. The molecular formula is C19H39NO2Si2. The number of hydrogen-bond donors (Lipinski definition) is 1. The van der Waals surface area contributed by atoms with Gasteiger partial charge < -0.3 is 13.8 Å². The zero-order valence-corrected chi connectivity index (χ0v) is 18.9. The first-order chi connectivity index (χ1) is 11.4. The Bertz CT molecular complexity index is 393. The van der Waals surface area contributed by atoms with E-state index in [0.29, 0.717) is 0 Å². The van der Waals surface area contributed by atoms with Crippen LogP contribution in [0.25, 0.3) is 0 Å². The van der Waals surface area contributed by atoms with Crippen molar-refractivity contribution < 1.29 is 8.85 Å². The van der Waals surface area contributed by atoms with Crippen molar-refractivity contribution in [3.05, 3.63) is 35.9 Å². The predicted octanol–water partition coefficient (Wildman–Crippen LogP) is 5.54. The maximum Gasteiger partial charge on any atom is 0.331 e. The summed E-state index contributed by atoms with van der Waals surface area (Å²) in [6.07, 6.45) is 0. The molecule has 0 atom stereocenters. The van der Waals surface area contributed by atoms with Gasteiger partial charge in [0.1, 0.15) is 8.24 Å². The summed E-state index contributed by atoms with van der Waals surface area (Å²) in [6.45, 7) is 17.7. The molecule has 3 nitrogen and oxygen atoms in total. The van der Waals surface area contributed by atoms with E-state index in [1.54, 1.807) is 0 Å². The average molecular weight is 370 g/mol. The van der Waals surface area contributed by atoms with Crippen molar-refractivity contribution in [2.24, 2.45) is 0 Å². The Balaban J connectivity index is 0.000000506. The lowest BCUT2D eigenvalue weighted by Gasteiger charge is -2.29. The molecule has 1 N–H and O–H groups in total. The summed E-state index contributed by atoms with van der Waals surface area (Å²) in [4.78, 5) is 3.84. The first-order valence-electron chi connectivity index (χ1n) is 9.45. The molecule has 140 valence electrons. The standard InChI is InChI=1S/C13H23NSi.C6H16O2Si/c1-4-15(5-2,6-3)14-12-13-10-8-7-9-11-13;1-5-7-9(3,4)8-6-2/h7-11,14H,4-6,12H2,1-3H3;5-6H2,1-4H3. The van der Waals surface area contributed by atoms with Crippen LogP contribution in [-0.2, 0) is 15.4 Å². The highest BCUT2D eigenvalue weighted by Crippen LogP contribution is 2.17. The van der Waals surface area contributed by atoms with E-state index in [4.69, 9.17) is 8.85 Å². The summed E-state index contributed by atoms with van der Waals surface area (Å²) >= 11 is 0. The van der Waals surface area contributed by atoms with E-state index in [9.17, 15) is 0 Å². The second-order valence-corrected chi connectivity index (χ2v) is 14.9. The molecule has 5 heteroatoms. The lowest BCUT2D eigenvalue weighted by molar-refractivity contribution is 0.196. The van der Waals surface area contributed by atoms with E-state index in [2.05, 4.69) is 69.2 Å². The molecule has 0 unspecified atom stereocenters. The van der Waals surface area contributed by atoms with E-state index in [1.807, 2.05) is 13.8 Å². The Morgan fingerprint density at radius 1 is 0.792 bits per heavy atom. The van der Waals surface area contributed by atoms with Crippen LogP contribution in [0.5, 0.6) is 0 Å². The van der Waals surface area contributed by atoms with E-state index < -0.39 is 16.8 Å². The largest absolute Gasteiger partial charge is 0.395 e. The average Bonchev–Trinajstić information content (AvgIpc) is 2.58. The number of nitrogens with one attached hydrogen (secondary N) is 1. The first-order valence-corrected chi connectivity index (χ1v) is 14.9. The minimum Gasteiger partial charge on any atom is -0.395 e. The molecular weight excluding hydrogens is 330 g/mol. The topological polar surface area (TPSA) is 30.5 Å². The smallest absolute Gasteiger partial charge is 0.331 e. The molecule has 0 heterocycles. The fourth-order valence-corrected chi connectivity index (χ4v) is 7.05. The van der Waals surface area contributed by atoms with E-state index >= 15 is 0 Å². The maximum absolute atomic E-state index is 5.39. The van der Waals surface area contributed by atoms with Crippen molar-refractivity contribution in [2.75, 3.05) is 13.2 Å². The summed E-state index contributed by atoms with van der Waals surface area (Å²) in [5, 5.41) is 0. The molecule has 0 aromatic heterocycles. The van der Waals surface area contributed by atoms with Crippen molar-refractivity contribution in [3.63, 3.8) is 0 Å². The van der Waals surface area contributed by atoms with Crippen LogP contribution in [0.4, 0.5) is 0 Å². The molecule has 0 aliphatic carbocycles. The van der Waals surface area contributed by atoms with Gasteiger partial charge in [-0.15, -0.1) is 0 Å². The summed E-state index contributed by atoms with van der Waals surface area (Å²) in [7, 11) is -2.85. The Kier molecular flexibility index (Phi) is 12.6. The van der Waals surface area contributed by atoms with Crippen LogP contribution in [0.2, 0.25) is 31.2 Å². The highest BCUT2D eigenvalue weighted by atomic mass is 28.4. The van der Waals surface area contributed by atoms with Crippen LogP contribution in [-0.4, -0.2) is 30.0 Å². The summed E-state index contributed by atoms with van der Waals surface area (Å²) in [6, 6.07) is 14.7. The van der Waals surface area contributed by atoms with Gasteiger partial charge in [-0.05, 0) is 50.6 Å². The van der Waals surface area contributed by atoms with Gasteiger partial charge in [-0.2, -0.15) is 0 Å².